The van der Waals surface area contributed by atoms with Crippen LogP contribution in [0.25, 0.3) is 109 Å². The van der Waals surface area contributed by atoms with E-state index in [9.17, 15) is 0 Å². The van der Waals surface area contributed by atoms with Crippen LogP contribution in [-0.4, -0.2) is 24.1 Å². The zero-order chi connectivity index (χ0) is 37.5. The first-order valence-corrected chi connectivity index (χ1v) is 19.9. The molecule has 0 radical (unpaired) electrons. The van der Waals surface area contributed by atoms with Crippen molar-refractivity contribution in [2.24, 2.45) is 0 Å². The molecule has 0 aliphatic rings. The van der Waals surface area contributed by atoms with E-state index in [1.54, 1.807) is 11.3 Å². The van der Waals surface area contributed by atoms with Crippen LogP contribution in [0.15, 0.2) is 188 Å². The monoisotopic (exact) mass is 745 g/mol. The van der Waals surface area contributed by atoms with Gasteiger partial charge in [0.15, 0.2) is 0 Å². The van der Waals surface area contributed by atoms with Crippen molar-refractivity contribution in [3.8, 4) is 44.6 Å². The fraction of sp³-hybridized carbons (Fsp3) is 0. The van der Waals surface area contributed by atoms with Crippen LogP contribution in [0.1, 0.15) is 0 Å². The molecule has 6 heteroatoms. The van der Waals surface area contributed by atoms with Gasteiger partial charge in [-0.1, -0.05) is 140 Å². The maximum absolute atomic E-state index is 5.37. The summed E-state index contributed by atoms with van der Waals surface area (Å²) >= 11 is 1.75. The van der Waals surface area contributed by atoms with Crippen molar-refractivity contribution in [1.29, 1.82) is 0 Å². The van der Waals surface area contributed by atoms with E-state index in [1.807, 2.05) is 6.07 Å². The second-order valence-corrected chi connectivity index (χ2v) is 15.5. The molecule has 12 rings (SSSR count). The highest BCUT2D eigenvalue weighted by Crippen LogP contribution is 2.42. The predicted molar refractivity (Wildman–Crippen MR) is 238 cm³/mol. The maximum atomic E-state index is 5.37. The van der Waals surface area contributed by atoms with E-state index < -0.39 is 0 Å². The first-order chi connectivity index (χ1) is 28.3. The zero-order valence-electron chi connectivity index (χ0n) is 30.5. The van der Waals surface area contributed by atoms with Crippen molar-refractivity contribution in [3.05, 3.63) is 188 Å². The average Bonchev–Trinajstić information content (AvgIpc) is 3.95. The molecule has 12 aromatic rings. The van der Waals surface area contributed by atoms with E-state index in [2.05, 4.69) is 191 Å². The van der Waals surface area contributed by atoms with Crippen LogP contribution in [0.3, 0.4) is 0 Å². The molecule has 8 aromatic carbocycles. The molecule has 4 heterocycles. The SMILES string of the molecule is c1ccc(-c2nc3cc4c(cc3s2)c2cc(-c3cccc5c6ccccc6n(-c6nc(-c7ccccc7)c7ccccc7n6)c35)ccc2n4-c2ccccc2)cc1. The molecule has 0 aliphatic heterocycles. The molecule has 0 saturated carbocycles. The minimum atomic E-state index is 0.648. The molecule has 0 N–H and O–H groups in total. The zero-order valence-corrected chi connectivity index (χ0v) is 31.4. The third-order valence-electron chi connectivity index (χ3n) is 11.2. The molecule has 0 unspecified atom stereocenters. The van der Waals surface area contributed by atoms with Crippen LogP contribution >= 0.6 is 11.3 Å². The predicted octanol–water partition coefficient (Wildman–Crippen LogP) is 13.4. The van der Waals surface area contributed by atoms with Crippen molar-refractivity contribution >= 4 is 76.1 Å². The van der Waals surface area contributed by atoms with Gasteiger partial charge in [0.25, 0.3) is 0 Å². The lowest BCUT2D eigenvalue weighted by molar-refractivity contribution is 1.01. The first-order valence-electron chi connectivity index (χ1n) is 19.1. The lowest BCUT2D eigenvalue weighted by atomic mass is 10.00. The number of nitrogens with zero attached hydrogens (tertiary/aromatic N) is 5. The van der Waals surface area contributed by atoms with Gasteiger partial charge in [0, 0.05) is 49.3 Å². The molecule has 0 aliphatic carbocycles. The minimum absolute atomic E-state index is 0.648. The quantitative estimate of drug-likeness (QED) is 0.176. The van der Waals surface area contributed by atoms with Gasteiger partial charge in [-0.25, -0.2) is 15.0 Å². The summed E-state index contributed by atoms with van der Waals surface area (Å²) in [7, 11) is 0. The van der Waals surface area contributed by atoms with Crippen LogP contribution in [0.4, 0.5) is 0 Å². The molecule has 266 valence electrons. The third kappa shape index (κ3) is 4.98. The number of para-hydroxylation sites is 4. The fourth-order valence-electron chi connectivity index (χ4n) is 8.61. The Hall–Kier alpha value is -7.41. The summed E-state index contributed by atoms with van der Waals surface area (Å²) in [6.45, 7) is 0. The summed E-state index contributed by atoms with van der Waals surface area (Å²) in [6.07, 6.45) is 0. The number of benzene rings is 8. The van der Waals surface area contributed by atoms with Crippen molar-refractivity contribution in [1.82, 2.24) is 24.1 Å². The van der Waals surface area contributed by atoms with Crippen LogP contribution in [0, 0.1) is 0 Å². The highest BCUT2D eigenvalue weighted by atomic mass is 32.1. The Bertz CT molecular complexity index is 3510. The highest BCUT2D eigenvalue weighted by molar-refractivity contribution is 7.21. The summed E-state index contributed by atoms with van der Waals surface area (Å²) in [6, 6.07) is 66.6. The Labute approximate surface area is 331 Å². The van der Waals surface area contributed by atoms with Crippen LogP contribution in [0.2, 0.25) is 0 Å². The van der Waals surface area contributed by atoms with Gasteiger partial charge in [-0.2, -0.15) is 0 Å². The highest BCUT2D eigenvalue weighted by Gasteiger charge is 2.22. The molecule has 4 aromatic heterocycles. The van der Waals surface area contributed by atoms with E-state index in [0.717, 1.165) is 87.9 Å². The lowest BCUT2D eigenvalue weighted by Gasteiger charge is -2.14. The number of fused-ring (bicyclic) bond motifs is 8. The normalized spacial score (nSPS) is 11.9. The maximum Gasteiger partial charge on any atom is 0.235 e. The van der Waals surface area contributed by atoms with Gasteiger partial charge in [0.2, 0.25) is 5.95 Å². The van der Waals surface area contributed by atoms with Crippen molar-refractivity contribution in [2.75, 3.05) is 0 Å². The molecule has 5 nitrogen and oxygen atoms in total. The van der Waals surface area contributed by atoms with E-state index in [-0.39, 0.29) is 0 Å². The van der Waals surface area contributed by atoms with Gasteiger partial charge in [0.1, 0.15) is 5.01 Å². The Morgan fingerprint density at radius 2 is 1.05 bits per heavy atom. The molecule has 57 heavy (non-hydrogen) atoms. The van der Waals surface area contributed by atoms with E-state index in [0.29, 0.717) is 5.95 Å². The van der Waals surface area contributed by atoms with Crippen LogP contribution in [0.5, 0.6) is 0 Å². The topological polar surface area (TPSA) is 48.5 Å². The summed E-state index contributed by atoms with van der Waals surface area (Å²) in [4.78, 5) is 15.8. The van der Waals surface area contributed by atoms with Crippen LogP contribution < -0.4 is 0 Å². The van der Waals surface area contributed by atoms with E-state index in [4.69, 9.17) is 15.0 Å². The lowest BCUT2D eigenvalue weighted by Crippen LogP contribution is -2.04. The Kier molecular flexibility index (Phi) is 7.03. The Morgan fingerprint density at radius 1 is 0.386 bits per heavy atom. The van der Waals surface area contributed by atoms with E-state index in [1.165, 1.54) is 15.5 Å². The van der Waals surface area contributed by atoms with Gasteiger partial charge in [-0.05, 0) is 54.1 Å². The molecular weight excluding hydrogens is 715 g/mol. The van der Waals surface area contributed by atoms with Gasteiger partial charge in [-0.15, -0.1) is 11.3 Å². The summed E-state index contributed by atoms with van der Waals surface area (Å²) in [5, 5.41) is 6.77. The molecule has 0 atom stereocenters. The second kappa shape index (κ2) is 12.6. The number of hydrogen-bond acceptors (Lipinski definition) is 4. The summed E-state index contributed by atoms with van der Waals surface area (Å²) in [5.74, 6) is 0.648. The largest absolute Gasteiger partial charge is 0.309 e. The van der Waals surface area contributed by atoms with Gasteiger partial charge >= 0.3 is 0 Å². The standard InChI is InChI=1S/C51H31N5S/c1-4-15-32(16-5-1)48-39-22-10-12-25-42(39)53-51(54-48)56-44-26-13-11-21-37(44)38-24-14-23-36(49(38)56)34-27-28-45-40(29-34)41-30-47-43(52-50(57-47)33-17-6-2-7-18-33)31-46(41)55(45)35-19-8-3-9-20-35/h1-31H. The minimum Gasteiger partial charge on any atom is -0.309 e. The van der Waals surface area contributed by atoms with Crippen molar-refractivity contribution in [2.45, 2.75) is 0 Å². The fourth-order valence-corrected chi connectivity index (χ4v) is 9.60. The second-order valence-electron chi connectivity index (χ2n) is 14.4. The number of aromatic nitrogens is 5. The van der Waals surface area contributed by atoms with Gasteiger partial charge in [0.05, 0.1) is 43.5 Å². The van der Waals surface area contributed by atoms with Crippen molar-refractivity contribution < 1.29 is 0 Å². The molecule has 0 spiro atoms. The Morgan fingerprint density at radius 3 is 1.88 bits per heavy atom. The number of hydrogen-bond donors (Lipinski definition) is 0. The Balaban J connectivity index is 1.13. The number of thiazole rings is 1. The summed E-state index contributed by atoms with van der Waals surface area (Å²) < 4.78 is 5.81. The molecule has 0 saturated heterocycles. The molecular formula is C51H31N5S. The molecule has 0 amide bonds. The number of rotatable bonds is 5. The van der Waals surface area contributed by atoms with Gasteiger partial charge in [-0.3, -0.25) is 4.57 Å². The third-order valence-corrected chi connectivity index (χ3v) is 12.2. The molecule has 0 bridgehead atoms. The smallest absolute Gasteiger partial charge is 0.235 e. The van der Waals surface area contributed by atoms with Gasteiger partial charge < -0.3 is 4.57 Å². The molecule has 0 fully saturated rings. The van der Waals surface area contributed by atoms with Crippen molar-refractivity contribution in [3.63, 3.8) is 0 Å². The average molecular weight is 746 g/mol. The van der Waals surface area contributed by atoms with E-state index >= 15 is 0 Å². The van der Waals surface area contributed by atoms with Crippen LogP contribution in [-0.2, 0) is 0 Å². The summed E-state index contributed by atoms with van der Waals surface area (Å²) in [5.41, 5.74) is 12.8. The first kappa shape index (κ1) is 31.9.